The summed E-state index contributed by atoms with van der Waals surface area (Å²) < 4.78 is 5.66. The molecule has 0 aromatic carbocycles. The van der Waals surface area contributed by atoms with Crippen LogP contribution in [0.25, 0.3) is 0 Å². The average Bonchev–Trinajstić information content (AvgIpc) is 2.80. The number of nitrogens with one attached hydrogen (secondary N) is 1. The second-order valence-electron chi connectivity index (χ2n) is 4.13. The largest absolute Gasteiger partial charge is 0.490 e. The molecular formula is C14H18N2OS. The van der Waals surface area contributed by atoms with Gasteiger partial charge >= 0.3 is 0 Å². The summed E-state index contributed by atoms with van der Waals surface area (Å²) in [5, 5.41) is 7.66. The molecule has 0 atom stereocenters. The quantitative estimate of drug-likeness (QED) is 0.858. The number of hydrogen-bond donors (Lipinski definition) is 1. The van der Waals surface area contributed by atoms with E-state index in [1.807, 2.05) is 12.1 Å². The lowest BCUT2D eigenvalue weighted by molar-refractivity contribution is 0.318. The molecule has 1 N–H and O–H groups in total. The van der Waals surface area contributed by atoms with Crippen molar-refractivity contribution in [1.82, 2.24) is 4.98 Å². The van der Waals surface area contributed by atoms with Gasteiger partial charge in [-0.2, -0.15) is 11.3 Å². The molecule has 0 saturated carbocycles. The number of rotatable bonds is 6. The molecule has 0 radical (unpaired) electrons. The van der Waals surface area contributed by atoms with Crippen molar-refractivity contribution in [3.05, 3.63) is 40.2 Å². The topological polar surface area (TPSA) is 34.1 Å². The van der Waals surface area contributed by atoms with E-state index < -0.39 is 0 Å². The Kier molecular flexibility index (Phi) is 4.59. The minimum Gasteiger partial charge on any atom is -0.490 e. The van der Waals surface area contributed by atoms with Gasteiger partial charge in [0.15, 0.2) is 11.6 Å². The SMILES string of the molecule is CCCOc1cccnc1NCc1cscc1C. The van der Waals surface area contributed by atoms with Gasteiger partial charge in [-0.25, -0.2) is 4.98 Å². The standard InChI is InChI=1S/C14H18N2OS/c1-3-7-17-13-5-4-6-15-14(13)16-8-12-10-18-9-11(12)2/h4-6,9-10H,3,7-8H2,1-2H3,(H,15,16). The van der Waals surface area contributed by atoms with E-state index in [2.05, 4.69) is 34.9 Å². The summed E-state index contributed by atoms with van der Waals surface area (Å²) in [5.41, 5.74) is 2.63. The highest BCUT2D eigenvalue weighted by Crippen LogP contribution is 2.22. The van der Waals surface area contributed by atoms with E-state index >= 15 is 0 Å². The van der Waals surface area contributed by atoms with Crippen LogP contribution in [-0.4, -0.2) is 11.6 Å². The van der Waals surface area contributed by atoms with Crippen LogP contribution in [0.1, 0.15) is 24.5 Å². The van der Waals surface area contributed by atoms with Crippen molar-refractivity contribution >= 4 is 17.2 Å². The van der Waals surface area contributed by atoms with Crippen LogP contribution in [0, 0.1) is 6.92 Å². The van der Waals surface area contributed by atoms with Gasteiger partial charge in [-0.05, 0) is 47.4 Å². The van der Waals surface area contributed by atoms with Crippen molar-refractivity contribution < 1.29 is 4.74 Å². The lowest BCUT2D eigenvalue weighted by atomic mass is 10.2. The first-order valence-corrected chi connectivity index (χ1v) is 7.09. The molecule has 0 aliphatic heterocycles. The summed E-state index contributed by atoms with van der Waals surface area (Å²) in [6.07, 6.45) is 2.78. The zero-order valence-corrected chi connectivity index (χ0v) is 11.6. The molecule has 2 aromatic heterocycles. The van der Waals surface area contributed by atoms with Crippen molar-refractivity contribution in [3.63, 3.8) is 0 Å². The monoisotopic (exact) mass is 262 g/mol. The smallest absolute Gasteiger partial charge is 0.169 e. The molecule has 0 spiro atoms. The second-order valence-corrected chi connectivity index (χ2v) is 4.88. The van der Waals surface area contributed by atoms with Gasteiger partial charge in [-0.3, -0.25) is 0 Å². The Morgan fingerprint density at radius 1 is 1.39 bits per heavy atom. The third-order valence-corrected chi connectivity index (χ3v) is 3.55. The summed E-state index contributed by atoms with van der Waals surface area (Å²) >= 11 is 1.73. The fraction of sp³-hybridized carbons (Fsp3) is 0.357. The Balaban J connectivity index is 2.02. The van der Waals surface area contributed by atoms with Gasteiger partial charge in [-0.15, -0.1) is 0 Å². The highest BCUT2D eigenvalue weighted by molar-refractivity contribution is 7.08. The van der Waals surface area contributed by atoms with E-state index in [1.54, 1.807) is 17.5 Å². The number of anilines is 1. The first-order valence-electron chi connectivity index (χ1n) is 6.14. The van der Waals surface area contributed by atoms with E-state index in [4.69, 9.17) is 4.74 Å². The van der Waals surface area contributed by atoms with Gasteiger partial charge in [0.25, 0.3) is 0 Å². The Labute approximate surface area is 112 Å². The van der Waals surface area contributed by atoms with Crippen molar-refractivity contribution in [1.29, 1.82) is 0 Å². The second kappa shape index (κ2) is 6.40. The van der Waals surface area contributed by atoms with E-state index in [1.165, 1.54) is 11.1 Å². The van der Waals surface area contributed by atoms with Crippen molar-refractivity contribution in [2.75, 3.05) is 11.9 Å². The van der Waals surface area contributed by atoms with Crippen LogP contribution in [0.4, 0.5) is 5.82 Å². The fourth-order valence-electron chi connectivity index (χ4n) is 1.60. The number of aromatic nitrogens is 1. The van der Waals surface area contributed by atoms with E-state index in [9.17, 15) is 0 Å². The number of hydrogen-bond acceptors (Lipinski definition) is 4. The molecule has 3 nitrogen and oxygen atoms in total. The average molecular weight is 262 g/mol. The summed E-state index contributed by atoms with van der Waals surface area (Å²) in [6, 6.07) is 3.84. The Morgan fingerprint density at radius 2 is 2.28 bits per heavy atom. The summed E-state index contributed by atoms with van der Waals surface area (Å²) in [6.45, 7) is 5.73. The lowest BCUT2D eigenvalue weighted by Gasteiger charge is -2.11. The van der Waals surface area contributed by atoms with E-state index in [0.717, 1.165) is 31.1 Å². The molecule has 0 aliphatic carbocycles. The summed E-state index contributed by atoms with van der Waals surface area (Å²) in [4.78, 5) is 4.33. The van der Waals surface area contributed by atoms with E-state index in [0.29, 0.717) is 0 Å². The van der Waals surface area contributed by atoms with Crippen molar-refractivity contribution in [2.45, 2.75) is 26.8 Å². The molecule has 96 valence electrons. The first-order chi connectivity index (χ1) is 8.81. The van der Waals surface area contributed by atoms with Crippen LogP contribution in [0.5, 0.6) is 5.75 Å². The van der Waals surface area contributed by atoms with Gasteiger partial charge in [0.05, 0.1) is 6.61 Å². The van der Waals surface area contributed by atoms with Crippen LogP contribution < -0.4 is 10.1 Å². The van der Waals surface area contributed by atoms with Crippen LogP contribution in [-0.2, 0) is 6.54 Å². The van der Waals surface area contributed by atoms with Gasteiger partial charge in [-0.1, -0.05) is 6.92 Å². The molecule has 0 fully saturated rings. The Morgan fingerprint density at radius 3 is 3.00 bits per heavy atom. The highest BCUT2D eigenvalue weighted by atomic mass is 32.1. The Bertz CT molecular complexity index is 496. The third kappa shape index (κ3) is 3.23. The molecule has 0 saturated heterocycles. The maximum Gasteiger partial charge on any atom is 0.169 e. The van der Waals surface area contributed by atoms with Crippen LogP contribution >= 0.6 is 11.3 Å². The highest BCUT2D eigenvalue weighted by Gasteiger charge is 2.05. The number of nitrogens with zero attached hydrogens (tertiary/aromatic N) is 1. The third-order valence-electron chi connectivity index (χ3n) is 2.64. The maximum atomic E-state index is 5.66. The van der Waals surface area contributed by atoms with Crippen molar-refractivity contribution in [2.24, 2.45) is 0 Å². The predicted molar refractivity (Wildman–Crippen MR) is 76.4 cm³/mol. The van der Waals surface area contributed by atoms with Crippen LogP contribution in [0.15, 0.2) is 29.1 Å². The number of pyridine rings is 1. The van der Waals surface area contributed by atoms with Crippen molar-refractivity contribution in [3.8, 4) is 5.75 Å². The molecule has 2 heterocycles. The molecule has 0 aliphatic rings. The van der Waals surface area contributed by atoms with E-state index in [-0.39, 0.29) is 0 Å². The predicted octanol–water partition coefficient (Wildman–Crippen LogP) is 3.85. The maximum absolute atomic E-state index is 5.66. The molecule has 2 rings (SSSR count). The summed E-state index contributed by atoms with van der Waals surface area (Å²) in [7, 11) is 0. The molecule has 0 unspecified atom stereocenters. The molecule has 4 heteroatoms. The zero-order chi connectivity index (χ0) is 12.8. The fourth-order valence-corrected chi connectivity index (χ4v) is 2.46. The normalized spacial score (nSPS) is 10.3. The summed E-state index contributed by atoms with van der Waals surface area (Å²) in [5.74, 6) is 1.64. The number of aryl methyl sites for hydroxylation is 1. The number of ether oxygens (including phenoxy) is 1. The zero-order valence-electron chi connectivity index (χ0n) is 10.8. The molecule has 0 amide bonds. The van der Waals surface area contributed by atoms with Gasteiger partial charge in [0, 0.05) is 12.7 Å². The first kappa shape index (κ1) is 12.9. The van der Waals surface area contributed by atoms with Gasteiger partial charge in [0.1, 0.15) is 0 Å². The minimum absolute atomic E-state index is 0.720. The van der Waals surface area contributed by atoms with Gasteiger partial charge < -0.3 is 10.1 Å². The molecule has 0 bridgehead atoms. The lowest BCUT2D eigenvalue weighted by Crippen LogP contribution is -2.05. The van der Waals surface area contributed by atoms with Crippen LogP contribution in [0.3, 0.4) is 0 Å². The number of thiophene rings is 1. The van der Waals surface area contributed by atoms with Gasteiger partial charge in [0.2, 0.25) is 0 Å². The minimum atomic E-state index is 0.720. The molecular weight excluding hydrogens is 244 g/mol. The Hall–Kier alpha value is -1.55. The molecule has 18 heavy (non-hydrogen) atoms. The molecule has 2 aromatic rings. The van der Waals surface area contributed by atoms with Crippen LogP contribution in [0.2, 0.25) is 0 Å².